The second-order valence-corrected chi connectivity index (χ2v) is 2.54. The number of methoxy groups -OCH3 is 2. The molecule has 1 atom stereocenters. The largest absolute Gasteiger partial charge is 0.465 e. The van der Waals surface area contributed by atoms with E-state index < -0.39 is 12.3 Å². The van der Waals surface area contributed by atoms with E-state index in [1.54, 1.807) is 0 Å². The molecule has 0 saturated carbocycles. The fraction of sp³-hybridized carbons (Fsp3) is 0.333. The van der Waals surface area contributed by atoms with Crippen molar-refractivity contribution in [2.75, 3.05) is 14.2 Å². The SMILES string of the molecule is COC(=O)c1ccncc1C(O)OC. The van der Waals surface area contributed by atoms with Crippen LogP contribution in [0.25, 0.3) is 0 Å². The molecule has 0 amide bonds. The van der Waals surface area contributed by atoms with Crippen molar-refractivity contribution >= 4 is 5.97 Å². The Morgan fingerprint density at radius 1 is 1.57 bits per heavy atom. The fourth-order valence-corrected chi connectivity index (χ4v) is 1.03. The van der Waals surface area contributed by atoms with Gasteiger partial charge in [-0.3, -0.25) is 4.98 Å². The number of ether oxygens (including phenoxy) is 2. The van der Waals surface area contributed by atoms with Crippen molar-refractivity contribution in [3.63, 3.8) is 0 Å². The molecule has 0 saturated heterocycles. The van der Waals surface area contributed by atoms with E-state index in [0.29, 0.717) is 5.56 Å². The zero-order chi connectivity index (χ0) is 10.6. The number of carbonyl (C=O) groups excluding carboxylic acids is 1. The van der Waals surface area contributed by atoms with Gasteiger partial charge in [0.2, 0.25) is 0 Å². The molecule has 1 aromatic heterocycles. The number of aromatic nitrogens is 1. The summed E-state index contributed by atoms with van der Waals surface area (Å²) < 4.78 is 9.22. The molecule has 76 valence electrons. The maximum Gasteiger partial charge on any atom is 0.338 e. The summed E-state index contributed by atoms with van der Waals surface area (Å²) in [6, 6.07) is 1.46. The molecular formula is C9H11NO4. The van der Waals surface area contributed by atoms with Crippen molar-refractivity contribution in [2.24, 2.45) is 0 Å². The van der Waals surface area contributed by atoms with Gasteiger partial charge in [0.15, 0.2) is 6.29 Å². The number of carbonyl (C=O) groups is 1. The van der Waals surface area contributed by atoms with Crippen molar-refractivity contribution in [1.29, 1.82) is 0 Å². The molecular weight excluding hydrogens is 186 g/mol. The number of nitrogens with zero attached hydrogens (tertiary/aromatic N) is 1. The summed E-state index contributed by atoms with van der Waals surface area (Å²) in [6.07, 6.45) is 1.64. The molecule has 0 radical (unpaired) electrons. The third-order valence-electron chi connectivity index (χ3n) is 1.75. The van der Waals surface area contributed by atoms with Gasteiger partial charge in [-0.1, -0.05) is 0 Å². The molecule has 0 aliphatic rings. The normalized spacial score (nSPS) is 12.2. The van der Waals surface area contributed by atoms with Gasteiger partial charge in [-0.25, -0.2) is 4.79 Å². The summed E-state index contributed by atoms with van der Waals surface area (Å²) in [7, 11) is 2.60. The van der Waals surface area contributed by atoms with Gasteiger partial charge in [0.05, 0.1) is 12.7 Å². The molecule has 1 unspecified atom stereocenters. The number of aliphatic hydroxyl groups is 1. The van der Waals surface area contributed by atoms with Crippen LogP contribution in [0, 0.1) is 0 Å². The zero-order valence-corrected chi connectivity index (χ0v) is 7.93. The Hall–Kier alpha value is -1.46. The van der Waals surface area contributed by atoms with E-state index in [2.05, 4.69) is 14.5 Å². The predicted octanol–water partition coefficient (Wildman–Crippen LogP) is 0.505. The Morgan fingerprint density at radius 2 is 2.29 bits per heavy atom. The fourth-order valence-electron chi connectivity index (χ4n) is 1.03. The van der Waals surface area contributed by atoms with Crippen molar-refractivity contribution in [3.05, 3.63) is 29.6 Å². The van der Waals surface area contributed by atoms with E-state index in [4.69, 9.17) is 0 Å². The summed E-state index contributed by atoms with van der Waals surface area (Å²) in [6.45, 7) is 0. The zero-order valence-electron chi connectivity index (χ0n) is 7.93. The minimum Gasteiger partial charge on any atom is -0.465 e. The first-order valence-corrected chi connectivity index (χ1v) is 3.93. The molecule has 0 aliphatic carbocycles. The molecule has 0 aromatic carbocycles. The van der Waals surface area contributed by atoms with Crippen LogP contribution in [0.3, 0.4) is 0 Å². The Labute approximate surface area is 81.3 Å². The van der Waals surface area contributed by atoms with Gasteiger partial charge < -0.3 is 14.6 Å². The minimum absolute atomic E-state index is 0.247. The van der Waals surface area contributed by atoms with E-state index in [1.165, 1.54) is 32.7 Å². The monoisotopic (exact) mass is 197 g/mol. The lowest BCUT2D eigenvalue weighted by atomic mass is 10.1. The van der Waals surface area contributed by atoms with Gasteiger partial charge in [0.25, 0.3) is 0 Å². The first kappa shape index (κ1) is 10.6. The van der Waals surface area contributed by atoms with Crippen LogP contribution in [-0.2, 0) is 9.47 Å². The quantitative estimate of drug-likeness (QED) is 0.564. The first-order chi connectivity index (χ1) is 6.70. The third kappa shape index (κ3) is 2.07. The van der Waals surface area contributed by atoms with Crippen molar-refractivity contribution in [3.8, 4) is 0 Å². The highest BCUT2D eigenvalue weighted by Gasteiger charge is 2.17. The third-order valence-corrected chi connectivity index (χ3v) is 1.75. The molecule has 0 aliphatic heterocycles. The predicted molar refractivity (Wildman–Crippen MR) is 47.5 cm³/mol. The standard InChI is InChI=1S/C9H11NO4/c1-13-8(11)6-3-4-10-5-7(6)9(12)14-2/h3-5,9,12H,1-2H3. The van der Waals surface area contributed by atoms with Gasteiger partial charge >= 0.3 is 5.97 Å². The van der Waals surface area contributed by atoms with Gasteiger partial charge in [-0.15, -0.1) is 0 Å². The van der Waals surface area contributed by atoms with Crippen LogP contribution in [0.15, 0.2) is 18.5 Å². The summed E-state index contributed by atoms with van der Waals surface area (Å²) in [5.74, 6) is -0.529. The molecule has 1 rings (SSSR count). The highest BCUT2D eigenvalue weighted by Crippen LogP contribution is 2.17. The summed E-state index contributed by atoms with van der Waals surface area (Å²) in [5, 5.41) is 9.38. The lowest BCUT2D eigenvalue weighted by Crippen LogP contribution is -2.10. The van der Waals surface area contributed by atoms with Crippen molar-refractivity contribution in [1.82, 2.24) is 4.98 Å². The average molecular weight is 197 g/mol. The Bertz CT molecular complexity index is 326. The van der Waals surface area contributed by atoms with Gasteiger partial charge in [-0.2, -0.15) is 0 Å². The highest BCUT2D eigenvalue weighted by molar-refractivity contribution is 5.90. The van der Waals surface area contributed by atoms with Crippen LogP contribution in [0.5, 0.6) is 0 Å². The molecule has 1 N–H and O–H groups in total. The average Bonchev–Trinajstić information content (AvgIpc) is 2.27. The van der Waals surface area contributed by atoms with Crippen LogP contribution in [0.2, 0.25) is 0 Å². The van der Waals surface area contributed by atoms with Crippen LogP contribution >= 0.6 is 0 Å². The van der Waals surface area contributed by atoms with Crippen LogP contribution in [0.4, 0.5) is 0 Å². The smallest absolute Gasteiger partial charge is 0.338 e. The van der Waals surface area contributed by atoms with E-state index in [-0.39, 0.29) is 5.56 Å². The molecule has 5 nitrogen and oxygen atoms in total. The van der Waals surface area contributed by atoms with E-state index in [9.17, 15) is 9.90 Å². The van der Waals surface area contributed by atoms with E-state index in [1.807, 2.05) is 0 Å². The minimum atomic E-state index is -1.17. The Kier molecular flexibility index (Phi) is 3.55. The van der Waals surface area contributed by atoms with Crippen molar-refractivity contribution < 1.29 is 19.4 Å². The highest BCUT2D eigenvalue weighted by atomic mass is 16.6. The summed E-state index contributed by atoms with van der Waals surface area (Å²) in [4.78, 5) is 15.0. The lowest BCUT2D eigenvalue weighted by Gasteiger charge is -2.11. The van der Waals surface area contributed by atoms with Gasteiger partial charge in [0, 0.05) is 25.1 Å². The molecule has 1 heterocycles. The molecule has 0 fully saturated rings. The number of pyridine rings is 1. The van der Waals surface area contributed by atoms with Gasteiger partial charge in [0.1, 0.15) is 0 Å². The van der Waals surface area contributed by atoms with Crippen LogP contribution < -0.4 is 0 Å². The lowest BCUT2D eigenvalue weighted by molar-refractivity contribution is -0.0777. The molecule has 5 heteroatoms. The number of rotatable bonds is 3. The van der Waals surface area contributed by atoms with Crippen LogP contribution in [0.1, 0.15) is 22.2 Å². The number of esters is 1. The number of hydrogen-bond donors (Lipinski definition) is 1. The number of aliphatic hydroxyl groups excluding tert-OH is 1. The topological polar surface area (TPSA) is 68.7 Å². The van der Waals surface area contributed by atoms with E-state index >= 15 is 0 Å². The maximum atomic E-state index is 11.2. The Balaban J connectivity index is 3.09. The van der Waals surface area contributed by atoms with Gasteiger partial charge in [-0.05, 0) is 6.07 Å². The molecule has 14 heavy (non-hydrogen) atoms. The second-order valence-electron chi connectivity index (χ2n) is 2.54. The summed E-state index contributed by atoms with van der Waals surface area (Å²) >= 11 is 0. The Morgan fingerprint density at radius 3 is 2.86 bits per heavy atom. The van der Waals surface area contributed by atoms with Crippen molar-refractivity contribution in [2.45, 2.75) is 6.29 Å². The molecule has 1 aromatic rings. The second kappa shape index (κ2) is 4.69. The number of hydrogen-bond acceptors (Lipinski definition) is 5. The molecule has 0 spiro atoms. The van der Waals surface area contributed by atoms with E-state index in [0.717, 1.165) is 0 Å². The first-order valence-electron chi connectivity index (χ1n) is 3.93. The molecule has 0 bridgehead atoms. The van der Waals surface area contributed by atoms with Crippen LogP contribution in [-0.4, -0.2) is 30.3 Å². The summed E-state index contributed by atoms with van der Waals surface area (Å²) in [5.41, 5.74) is 0.540. The maximum absolute atomic E-state index is 11.2.